The number of amides is 3. The summed E-state index contributed by atoms with van der Waals surface area (Å²) in [6.07, 6.45) is 0.350. The van der Waals surface area contributed by atoms with Gasteiger partial charge in [0, 0.05) is 37.6 Å². The van der Waals surface area contributed by atoms with Gasteiger partial charge in [-0.2, -0.15) is 0 Å². The van der Waals surface area contributed by atoms with Crippen molar-refractivity contribution in [1.82, 2.24) is 10.2 Å². The number of carbonyl (C=O) groups excluding carboxylic acids is 3. The largest absolute Gasteiger partial charge is 0.392 e. The summed E-state index contributed by atoms with van der Waals surface area (Å²) >= 11 is 0. The first kappa shape index (κ1) is 20.0. The number of benzene rings is 1. The summed E-state index contributed by atoms with van der Waals surface area (Å²) in [5.74, 6) is -2.71. The molecule has 3 aliphatic heterocycles. The van der Waals surface area contributed by atoms with Gasteiger partial charge in [0.1, 0.15) is 5.54 Å². The second kappa shape index (κ2) is 7.19. The molecule has 2 saturated heterocycles. The van der Waals surface area contributed by atoms with E-state index in [-0.39, 0.29) is 24.3 Å². The molecule has 3 N–H and O–H groups in total. The fraction of sp³-hybridized carbons (Fsp3) is 0.571. The van der Waals surface area contributed by atoms with Gasteiger partial charge < -0.3 is 15.2 Å². The van der Waals surface area contributed by atoms with Gasteiger partial charge in [0.2, 0.25) is 17.7 Å². The molecule has 2 fully saturated rings. The Bertz CT molecular complexity index is 870. The predicted molar refractivity (Wildman–Crippen MR) is 105 cm³/mol. The molecule has 4 rings (SSSR count). The van der Waals surface area contributed by atoms with Gasteiger partial charge in [0.05, 0.1) is 17.9 Å². The average Bonchev–Trinajstić information content (AvgIpc) is 3.28. The first-order chi connectivity index (χ1) is 13.9. The van der Waals surface area contributed by atoms with Gasteiger partial charge in [-0.15, -0.1) is 0 Å². The number of ether oxygens (including phenoxy) is 1. The molecule has 1 spiro atoms. The Morgan fingerprint density at radius 2 is 2.03 bits per heavy atom. The van der Waals surface area contributed by atoms with Crippen LogP contribution in [0.25, 0.3) is 0 Å². The number of carbonyl (C=O) groups is 3. The van der Waals surface area contributed by atoms with Crippen LogP contribution in [-0.4, -0.2) is 60.1 Å². The summed E-state index contributed by atoms with van der Waals surface area (Å²) in [7, 11) is 1.57. The number of hydrogen-bond acceptors (Lipinski definition) is 6. The van der Waals surface area contributed by atoms with E-state index in [0.29, 0.717) is 24.3 Å². The van der Waals surface area contributed by atoms with Crippen LogP contribution in [0.4, 0.5) is 5.69 Å². The third kappa shape index (κ3) is 2.66. The highest BCUT2D eigenvalue weighted by Crippen LogP contribution is 2.53. The monoisotopic (exact) mass is 401 g/mol. The van der Waals surface area contributed by atoms with Crippen LogP contribution in [0.3, 0.4) is 0 Å². The van der Waals surface area contributed by atoms with Crippen LogP contribution < -0.4 is 10.6 Å². The maximum atomic E-state index is 13.4. The second-order valence-corrected chi connectivity index (χ2v) is 8.04. The van der Waals surface area contributed by atoms with Crippen LogP contribution in [0.2, 0.25) is 0 Å². The van der Waals surface area contributed by atoms with Gasteiger partial charge in [-0.25, -0.2) is 0 Å². The lowest BCUT2D eigenvalue weighted by molar-refractivity contribution is -0.143. The number of rotatable bonds is 6. The van der Waals surface area contributed by atoms with E-state index in [2.05, 4.69) is 10.6 Å². The van der Waals surface area contributed by atoms with Gasteiger partial charge in [0.25, 0.3) is 0 Å². The molecule has 0 aliphatic carbocycles. The zero-order valence-electron chi connectivity index (χ0n) is 16.9. The Labute approximate surface area is 169 Å². The van der Waals surface area contributed by atoms with Crippen molar-refractivity contribution in [3.63, 3.8) is 0 Å². The lowest BCUT2D eigenvalue weighted by atomic mass is 9.76. The molecule has 0 unspecified atom stereocenters. The smallest absolute Gasteiger partial charge is 0.250 e. The molecule has 0 radical (unpaired) electrons. The summed E-state index contributed by atoms with van der Waals surface area (Å²) in [6.45, 7) is 4.25. The van der Waals surface area contributed by atoms with Crippen molar-refractivity contribution in [2.75, 3.05) is 25.6 Å². The SMILES string of the molecule is CCc1cccc2c1NC(=O)[C@]21N[C@H]([C@@H](C)O)[C@H]2C(=O)N(CCCOC)C(=O)[C@H]21. The first-order valence-electron chi connectivity index (χ1n) is 10.1. The second-order valence-electron chi connectivity index (χ2n) is 8.04. The molecule has 5 atom stereocenters. The molecular weight excluding hydrogens is 374 g/mol. The van der Waals surface area contributed by atoms with Gasteiger partial charge in [-0.05, 0) is 25.3 Å². The van der Waals surface area contributed by atoms with E-state index in [1.165, 1.54) is 4.90 Å². The summed E-state index contributed by atoms with van der Waals surface area (Å²) in [6, 6.07) is 4.94. The van der Waals surface area contributed by atoms with E-state index in [1.54, 1.807) is 14.0 Å². The number of likely N-dealkylation sites (tertiary alicyclic amines) is 1. The van der Waals surface area contributed by atoms with Crippen LogP contribution in [0.5, 0.6) is 0 Å². The van der Waals surface area contributed by atoms with Gasteiger partial charge in [-0.3, -0.25) is 24.6 Å². The van der Waals surface area contributed by atoms with Crippen molar-refractivity contribution in [1.29, 1.82) is 0 Å². The Morgan fingerprint density at radius 3 is 2.69 bits per heavy atom. The van der Waals surface area contributed by atoms with E-state index >= 15 is 0 Å². The number of aliphatic hydroxyl groups excluding tert-OH is 1. The lowest BCUT2D eigenvalue weighted by Crippen LogP contribution is -2.54. The highest BCUT2D eigenvalue weighted by atomic mass is 16.5. The number of aryl methyl sites for hydroxylation is 1. The fourth-order valence-corrected chi connectivity index (χ4v) is 5.18. The molecule has 156 valence electrons. The predicted octanol–water partition coefficient (Wildman–Crippen LogP) is 0.387. The zero-order valence-corrected chi connectivity index (χ0v) is 16.9. The standard InChI is InChI=1S/C21H27N3O5/c1-4-12-7-5-8-13-17(12)22-20(28)21(13)15-14(16(23-21)11(2)25)18(26)24(19(15)27)9-6-10-29-3/h5,7-8,11,14-16,23,25H,4,6,9-10H2,1-3H3,(H,22,28)/t11-,14+,15+,16-,21+/m1/s1. The Balaban J connectivity index is 1.82. The molecule has 0 bridgehead atoms. The minimum absolute atomic E-state index is 0.241. The first-order valence-corrected chi connectivity index (χ1v) is 10.1. The van der Waals surface area contributed by atoms with E-state index in [4.69, 9.17) is 4.74 Å². The quantitative estimate of drug-likeness (QED) is 0.470. The molecule has 1 aromatic rings. The number of aliphatic hydroxyl groups is 1. The highest BCUT2D eigenvalue weighted by Gasteiger charge is 2.71. The zero-order chi connectivity index (χ0) is 20.9. The third-order valence-electron chi connectivity index (χ3n) is 6.49. The summed E-state index contributed by atoms with van der Waals surface area (Å²) < 4.78 is 5.04. The van der Waals surface area contributed by atoms with E-state index in [0.717, 1.165) is 12.0 Å². The van der Waals surface area contributed by atoms with Crippen LogP contribution in [0.15, 0.2) is 18.2 Å². The molecule has 8 heteroatoms. The molecule has 3 aliphatic rings. The molecular formula is C21H27N3O5. The van der Waals surface area contributed by atoms with Gasteiger partial charge in [0.15, 0.2) is 0 Å². The molecule has 3 heterocycles. The Morgan fingerprint density at radius 1 is 1.28 bits per heavy atom. The summed E-state index contributed by atoms with van der Waals surface area (Å²) in [5.41, 5.74) is 1.01. The minimum Gasteiger partial charge on any atom is -0.392 e. The number of para-hydroxylation sites is 1. The van der Waals surface area contributed by atoms with E-state index < -0.39 is 29.5 Å². The molecule has 0 saturated carbocycles. The van der Waals surface area contributed by atoms with Crippen molar-refractivity contribution in [2.45, 2.75) is 44.4 Å². The van der Waals surface area contributed by atoms with E-state index in [1.807, 2.05) is 25.1 Å². The number of fused-ring (bicyclic) bond motifs is 4. The number of nitrogens with one attached hydrogen (secondary N) is 2. The van der Waals surface area contributed by atoms with Crippen molar-refractivity contribution < 1.29 is 24.2 Å². The fourth-order valence-electron chi connectivity index (χ4n) is 5.18. The number of hydrogen-bond donors (Lipinski definition) is 3. The molecule has 3 amide bonds. The summed E-state index contributed by atoms with van der Waals surface area (Å²) in [5, 5.41) is 16.5. The highest BCUT2D eigenvalue weighted by molar-refractivity contribution is 6.15. The maximum Gasteiger partial charge on any atom is 0.250 e. The third-order valence-corrected chi connectivity index (χ3v) is 6.49. The lowest BCUT2D eigenvalue weighted by Gasteiger charge is -2.30. The van der Waals surface area contributed by atoms with Crippen LogP contribution in [0.1, 0.15) is 31.4 Å². The maximum absolute atomic E-state index is 13.4. The number of methoxy groups -OCH3 is 1. The van der Waals surface area contributed by atoms with Crippen molar-refractivity contribution in [3.05, 3.63) is 29.3 Å². The molecule has 0 aromatic heterocycles. The van der Waals surface area contributed by atoms with Crippen molar-refractivity contribution in [3.8, 4) is 0 Å². The van der Waals surface area contributed by atoms with Crippen LogP contribution >= 0.6 is 0 Å². The van der Waals surface area contributed by atoms with E-state index in [9.17, 15) is 19.5 Å². The number of nitrogens with zero attached hydrogens (tertiary/aromatic N) is 1. The Hall–Kier alpha value is -2.29. The summed E-state index contributed by atoms with van der Waals surface area (Å²) in [4.78, 5) is 41.1. The molecule has 8 nitrogen and oxygen atoms in total. The van der Waals surface area contributed by atoms with Crippen molar-refractivity contribution in [2.24, 2.45) is 11.8 Å². The van der Waals surface area contributed by atoms with Crippen LogP contribution in [0, 0.1) is 11.8 Å². The van der Waals surface area contributed by atoms with Crippen LogP contribution in [-0.2, 0) is 31.1 Å². The average molecular weight is 401 g/mol. The minimum atomic E-state index is -1.35. The van der Waals surface area contributed by atoms with Gasteiger partial charge in [-0.1, -0.05) is 25.1 Å². The number of imide groups is 1. The van der Waals surface area contributed by atoms with Crippen molar-refractivity contribution >= 4 is 23.4 Å². The topological polar surface area (TPSA) is 108 Å². The normalized spacial score (nSPS) is 31.4. The molecule has 29 heavy (non-hydrogen) atoms. The Kier molecular flexibility index (Phi) is 4.96. The number of anilines is 1. The molecule has 1 aromatic carbocycles. The van der Waals surface area contributed by atoms with Gasteiger partial charge >= 0.3 is 0 Å².